The first-order chi connectivity index (χ1) is 13.8. The molecule has 0 bridgehead atoms. The van der Waals surface area contributed by atoms with Gasteiger partial charge in [0.2, 0.25) is 0 Å². The molecule has 0 saturated carbocycles. The highest BCUT2D eigenvalue weighted by molar-refractivity contribution is 6.04. The van der Waals surface area contributed by atoms with E-state index in [1.54, 1.807) is 24.7 Å². The molecule has 1 heterocycles. The van der Waals surface area contributed by atoms with E-state index in [4.69, 9.17) is 4.74 Å². The number of carbonyl (C=O) groups is 1. The predicted molar refractivity (Wildman–Crippen MR) is 109 cm³/mol. The van der Waals surface area contributed by atoms with Crippen LogP contribution in [0.1, 0.15) is 15.9 Å². The molecular formula is C23H19N3O2. The van der Waals surface area contributed by atoms with Crippen LogP contribution in [0.25, 0.3) is 5.69 Å². The van der Waals surface area contributed by atoms with E-state index in [2.05, 4.69) is 10.3 Å². The van der Waals surface area contributed by atoms with Gasteiger partial charge in [-0.1, -0.05) is 30.3 Å². The van der Waals surface area contributed by atoms with Gasteiger partial charge in [0.15, 0.2) is 0 Å². The molecule has 4 aromatic rings. The fourth-order valence-corrected chi connectivity index (χ4v) is 2.77. The first-order valence-electron chi connectivity index (χ1n) is 8.94. The number of ether oxygens (including phenoxy) is 1. The molecule has 3 aromatic carbocycles. The molecule has 28 heavy (non-hydrogen) atoms. The van der Waals surface area contributed by atoms with E-state index in [0.29, 0.717) is 12.2 Å². The van der Waals surface area contributed by atoms with Gasteiger partial charge < -0.3 is 14.6 Å². The summed E-state index contributed by atoms with van der Waals surface area (Å²) in [5, 5.41) is 2.91. The van der Waals surface area contributed by atoms with Gasteiger partial charge in [-0.3, -0.25) is 4.79 Å². The molecule has 0 saturated heterocycles. The van der Waals surface area contributed by atoms with Crippen LogP contribution < -0.4 is 10.1 Å². The van der Waals surface area contributed by atoms with Crippen molar-refractivity contribution < 1.29 is 9.53 Å². The van der Waals surface area contributed by atoms with Crippen molar-refractivity contribution in [3.8, 4) is 11.4 Å². The number of para-hydroxylation sites is 1. The highest BCUT2D eigenvalue weighted by Gasteiger charge is 2.07. The molecule has 0 atom stereocenters. The minimum Gasteiger partial charge on any atom is -0.489 e. The molecule has 5 heteroatoms. The number of hydrogen-bond acceptors (Lipinski definition) is 3. The molecule has 5 nitrogen and oxygen atoms in total. The molecule has 138 valence electrons. The van der Waals surface area contributed by atoms with Crippen LogP contribution in [0.3, 0.4) is 0 Å². The lowest BCUT2D eigenvalue weighted by Crippen LogP contribution is -2.12. The molecule has 1 aromatic heterocycles. The number of anilines is 1. The molecular weight excluding hydrogens is 350 g/mol. The van der Waals surface area contributed by atoms with Gasteiger partial charge in [-0.25, -0.2) is 4.98 Å². The first kappa shape index (κ1) is 17.5. The predicted octanol–water partition coefficient (Wildman–Crippen LogP) is 4.70. The monoisotopic (exact) mass is 369 g/mol. The number of hydrogen-bond donors (Lipinski definition) is 1. The second-order valence-electron chi connectivity index (χ2n) is 6.27. The normalized spacial score (nSPS) is 10.4. The zero-order valence-electron chi connectivity index (χ0n) is 15.2. The molecule has 0 fully saturated rings. The Labute approximate surface area is 163 Å². The van der Waals surface area contributed by atoms with Crippen LogP contribution in [0.5, 0.6) is 5.75 Å². The van der Waals surface area contributed by atoms with E-state index in [9.17, 15) is 4.79 Å². The topological polar surface area (TPSA) is 56.2 Å². The number of nitrogens with one attached hydrogen (secondary N) is 1. The van der Waals surface area contributed by atoms with Crippen LogP contribution in [0.4, 0.5) is 5.69 Å². The summed E-state index contributed by atoms with van der Waals surface area (Å²) in [7, 11) is 0. The van der Waals surface area contributed by atoms with Crippen LogP contribution in [-0.2, 0) is 6.61 Å². The summed E-state index contributed by atoms with van der Waals surface area (Å²) in [5.41, 5.74) is 3.33. The van der Waals surface area contributed by atoms with E-state index in [-0.39, 0.29) is 5.91 Å². The van der Waals surface area contributed by atoms with E-state index in [0.717, 1.165) is 22.7 Å². The van der Waals surface area contributed by atoms with Crippen LogP contribution in [0.15, 0.2) is 97.6 Å². The van der Waals surface area contributed by atoms with Crippen molar-refractivity contribution in [2.24, 2.45) is 0 Å². The van der Waals surface area contributed by atoms with E-state index in [1.165, 1.54) is 0 Å². The minimum atomic E-state index is -0.147. The van der Waals surface area contributed by atoms with Crippen molar-refractivity contribution in [3.63, 3.8) is 0 Å². The van der Waals surface area contributed by atoms with Gasteiger partial charge in [-0.15, -0.1) is 0 Å². The Morgan fingerprint density at radius 1 is 0.929 bits per heavy atom. The molecule has 0 aliphatic rings. The van der Waals surface area contributed by atoms with Gasteiger partial charge in [0.25, 0.3) is 5.91 Å². The molecule has 4 rings (SSSR count). The summed E-state index contributed by atoms with van der Waals surface area (Å²) in [6.07, 6.45) is 5.33. The number of imidazole rings is 1. The quantitative estimate of drug-likeness (QED) is 0.536. The minimum absolute atomic E-state index is 0.147. The summed E-state index contributed by atoms with van der Waals surface area (Å²) in [6.45, 7) is 0.460. The third-order valence-electron chi connectivity index (χ3n) is 4.29. The van der Waals surface area contributed by atoms with Crippen LogP contribution in [-0.4, -0.2) is 15.5 Å². The van der Waals surface area contributed by atoms with Gasteiger partial charge >= 0.3 is 0 Å². The fraction of sp³-hybridized carbons (Fsp3) is 0.0435. The average Bonchev–Trinajstić information content (AvgIpc) is 3.29. The van der Waals surface area contributed by atoms with Gasteiger partial charge in [-0.05, 0) is 54.1 Å². The first-order valence-corrected chi connectivity index (χ1v) is 8.94. The SMILES string of the molecule is O=C(Nc1ccc(-n2ccnc2)cc1)c1ccc(COc2ccccc2)cc1. The summed E-state index contributed by atoms with van der Waals surface area (Å²) in [5.74, 6) is 0.675. The van der Waals surface area contributed by atoms with Crippen molar-refractivity contribution in [2.45, 2.75) is 6.61 Å². The summed E-state index contributed by atoms with van der Waals surface area (Å²) < 4.78 is 7.63. The summed E-state index contributed by atoms with van der Waals surface area (Å²) in [6, 6.07) is 24.7. The maximum Gasteiger partial charge on any atom is 0.255 e. The van der Waals surface area contributed by atoms with Crippen molar-refractivity contribution in [1.29, 1.82) is 0 Å². The van der Waals surface area contributed by atoms with Gasteiger partial charge in [-0.2, -0.15) is 0 Å². The molecule has 1 amide bonds. The van der Waals surface area contributed by atoms with Crippen LogP contribution >= 0.6 is 0 Å². The standard InChI is InChI=1S/C23H19N3O2/c27-23(25-20-10-12-21(13-11-20)26-15-14-24-17-26)19-8-6-18(7-9-19)16-28-22-4-2-1-3-5-22/h1-15,17H,16H2,(H,25,27). The Kier molecular flexibility index (Phi) is 5.15. The highest BCUT2D eigenvalue weighted by atomic mass is 16.5. The Morgan fingerprint density at radius 3 is 2.36 bits per heavy atom. The van der Waals surface area contributed by atoms with Crippen molar-refractivity contribution in [3.05, 3.63) is 109 Å². The largest absolute Gasteiger partial charge is 0.489 e. The number of carbonyl (C=O) groups excluding carboxylic acids is 1. The van der Waals surface area contributed by atoms with Crippen molar-refractivity contribution in [2.75, 3.05) is 5.32 Å². The number of nitrogens with zero attached hydrogens (tertiary/aromatic N) is 2. The second-order valence-corrected chi connectivity index (χ2v) is 6.27. The number of rotatable bonds is 6. The summed E-state index contributed by atoms with van der Waals surface area (Å²) >= 11 is 0. The third kappa shape index (κ3) is 4.27. The maximum atomic E-state index is 12.5. The second kappa shape index (κ2) is 8.22. The van der Waals surface area contributed by atoms with E-state index < -0.39 is 0 Å². The van der Waals surface area contributed by atoms with Gasteiger partial charge in [0.05, 0.1) is 6.33 Å². The lowest BCUT2D eigenvalue weighted by atomic mass is 10.1. The van der Waals surface area contributed by atoms with Crippen LogP contribution in [0.2, 0.25) is 0 Å². The molecule has 0 aliphatic carbocycles. The number of benzene rings is 3. The Balaban J connectivity index is 1.35. The highest BCUT2D eigenvalue weighted by Crippen LogP contribution is 2.16. The molecule has 0 aliphatic heterocycles. The molecule has 0 radical (unpaired) electrons. The molecule has 0 unspecified atom stereocenters. The Morgan fingerprint density at radius 2 is 1.68 bits per heavy atom. The lowest BCUT2D eigenvalue weighted by Gasteiger charge is -2.09. The summed E-state index contributed by atoms with van der Waals surface area (Å²) in [4.78, 5) is 16.5. The van der Waals surface area contributed by atoms with Crippen molar-refractivity contribution in [1.82, 2.24) is 9.55 Å². The van der Waals surface area contributed by atoms with E-state index >= 15 is 0 Å². The van der Waals surface area contributed by atoms with Gasteiger partial charge in [0.1, 0.15) is 12.4 Å². The lowest BCUT2D eigenvalue weighted by molar-refractivity contribution is 0.102. The average molecular weight is 369 g/mol. The number of amides is 1. The van der Waals surface area contributed by atoms with Crippen molar-refractivity contribution >= 4 is 11.6 Å². The Hall–Kier alpha value is -3.86. The maximum absolute atomic E-state index is 12.5. The zero-order chi connectivity index (χ0) is 19.2. The molecule has 1 N–H and O–H groups in total. The van der Waals surface area contributed by atoms with E-state index in [1.807, 2.05) is 77.5 Å². The Bertz CT molecular complexity index is 1030. The molecule has 0 spiro atoms. The van der Waals surface area contributed by atoms with Crippen LogP contribution in [0, 0.1) is 0 Å². The third-order valence-corrected chi connectivity index (χ3v) is 4.29. The fourth-order valence-electron chi connectivity index (χ4n) is 2.77. The smallest absolute Gasteiger partial charge is 0.255 e. The zero-order valence-corrected chi connectivity index (χ0v) is 15.2. The van der Waals surface area contributed by atoms with Gasteiger partial charge in [0, 0.05) is 29.3 Å². The number of aromatic nitrogens is 2.